The first-order chi connectivity index (χ1) is 11.9. The van der Waals surface area contributed by atoms with Crippen LogP contribution in [0.25, 0.3) is 11.4 Å². The molecule has 0 aliphatic carbocycles. The third-order valence-electron chi connectivity index (χ3n) is 3.51. The molecule has 0 amide bonds. The van der Waals surface area contributed by atoms with Crippen LogP contribution < -0.4 is 0 Å². The van der Waals surface area contributed by atoms with E-state index in [4.69, 9.17) is 14.0 Å². The molecule has 6 nitrogen and oxygen atoms in total. The van der Waals surface area contributed by atoms with Gasteiger partial charge < -0.3 is 14.0 Å². The molecule has 0 saturated carbocycles. The molecule has 2 rings (SSSR count). The molecule has 1 atom stereocenters. The van der Waals surface area contributed by atoms with Gasteiger partial charge in [-0.1, -0.05) is 23.9 Å². The number of carbonyl (C=O) groups is 1. The first-order valence-electron chi connectivity index (χ1n) is 8.07. The smallest absolute Gasteiger partial charge is 0.330 e. The first-order valence-corrected chi connectivity index (χ1v) is 8.07. The highest BCUT2D eigenvalue weighted by atomic mass is 16.5. The lowest BCUT2D eigenvalue weighted by Crippen LogP contribution is -2.14. The molecule has 0 spiro atoms. The van der Waals surface area contributed by atoms with Crippen LogP contribution in [0.5, 0.6) is 0 Å². The van der Waals surface area contributed by atoms with Gasteiger partial charge in [0.15, 0.2) is 0 Å². The van der Waals surface area contributed by atoms with Crippen molar-refractivity contribution in [1.29, 1.82) is 0 Å². The van der Waals surface area contributed by atoms with Crippen molar-refractivity contribution in [2.24, 2.45) is 0 Å². The number of nitrogens with zero attached hydrogens (tertiary/aromatic N) is 2. The molecule has 1 aromatic carbocycles. The lowest BCUT2D eigenvalue weighted by molar-refractivity contribution is -0.142. The predicted octanol–water partition coefficient (Wildman–Crippen LogP) is 3.80. The zero-order valence-corrected chi connectivity index (χ0v) is 15.5. The number of esters is 1. The highest BCUT2D eigenvalue weighted by Gasteiger charge is 2.06. The van der Waals surface area contributed by atoms with Crippen LogP contribution in [-0.4, -0.2) is 35.9 Å². The van der Waals surface area contributed by atoms with Crippen molar-refractivity contribution in [2.45, 2.75) is 40.2 Å². The van der Waals surface area contributed by atoms with Crippen molar-refractivity contribution >= 4 is 5.97 Å². The average molecular weight is 346 g/mol. The summed E-state index contributed by atoms with van der Waals surface area (Å²) in [4.78, 5) is 14.8. The van der Waals surface area contributed by atoms with Gasteiger partial charge in [-0.25, -0.2) is 4.79 Å². The van der Waals surface area contributed by atoms with Crippen molar-refractivity contribution < 1.29 is 18.8 Å². The fraction of sp³-hybridized carbons (Fsp3) is 0.421. The Bertz CT molecular complexity index is 694. The lowest BCUT2D eigenvalue weighted by atomic mass is 10.1. The van der Waals surface area contributed by atoms with E-state index in [1.807, 2.05) is 13.0 Å². The summed E-state index contributed by atoms with van der Waals surface area (Å²) in [6.45, 7) is 11.7. The van der Waals surface area contributed by atoms with Crippen molar-refractivity contribution in [2.75, 3.05) is 13.7 Å². The molecule has 1 aromatic heterocycles. The van der Waals surface area contributed by atoms with Gasteiger partial charge in [0, 0.05) is 38.7 Å². The van der Waals surface area contributed by atoms with Crippen LogP contribution in [0.4, 0.5) is 0 Å². The summed E-state index contributed by atoms with van der Waals surface area (Å²) >= 11 is 0. The summed E-state index contributed by atoms with van der Waals surface area (Å²) < 4.78 is 14.6. The molecule has 0 radical (unpaired) electrons. The number of rotatable bonds is 6. The third-order valence-corrected chi connectivity index (χ3v) is 3.51. The summed E-state index contributed by atoms with van der Waals surface area (Å²) in [6.07, 6.45) is 1.78. The summed E-state index contributed by atoms with van der Waals surface area (Å²) in [6, 6.07) is 6.14. The van der Waals surface area contributed by atoms with E-state index in [2.05, 4.69) is 42.7 Å². The van der Waals surface area contributed by atoms with Crippen molar-refractivity contribution in [3.05, 3.63) is 47.9 Å². The lowest BCUT2D eigenvalue weighted by Gasteiger charge is -2.10. The van der Waals surface area contributed by atoms with Crippen LogP contribution in [0.3, 0.4) is 0 Å². The number of hydrogen-bond donors (Lipinski definition) is 0. The van der Waals surface area contributed by atoms with Gasteiger partial charge in [-0.15, -0.1) is 0 Å². The number of aryl methyl sites for hydroxylation is 3. The molecule has 0 fully saturated rings. The van der Waals surface area contributed by atoms with E-state index >= 15 is 0 Å². The van der Waals surface area contributed by atoms with Gasteiger partial charge in [0.2, 0.25) is 11.7 Å². The minimum Gasteiger partial charge on any atom is -0.459 e. The topological polar surface area (TPSA) is 74.5 Å². The van der Waals surface area contributed by atoms with Crippen molar-refractivity contribution in [3.63, 3.8) is 0 Å². The van der Waals surface area contributed by atoms with E-state index < -0.39 is 0 Å². The Hall–Kier alpha value is -2.47. The second-order valence-corrected chi connectivity index (χ2v) is 5.67. The van der Waals surface area contributed by atoms with Gasteiger partial charge >= 0.3 is 5.97 Å². The fourth-order valence-corrected chi connectivity index (χ4v) is 1.89. The van der Waals surface area contributed by atoms with Gasteiger partial charge in [-0.3, -0.25) is 0 Å². The molecule has 0 saturated heterocycles. The maximum Gasteiger partial charge on any atom is 0.330 e. The molecule has 0 bridgehead atoms. The molecule has 0 aliphatic rings. The standard InChI is InChI=1S/C11H12N2O.C8H14O3/c1-7-4-5-10(6-8(7)2)11-12-9(3)14-13-11;1-4-8(9)11-7(2)5-6-10-3/h4-6H,1-3H3;4,7H,1,5-6H2,2-3H3. The fourth-order valence-electron chi connectivity index (χ4n) is 1.89. The molecular weight excluding hydrogens is 320 g/mol. The minimum absolute atomic E-state index is 0.0968. The Morgan fingerprint density at radius 3 is 2.56 bits per heavy atom. The summed E-state index contributed by atoms with van der Waals surface area (Å²) in [5.41, 5.74) is 3.52. The Morgan fingerprint density at radius 1 is 1.32 bits per heavy atom. The number of carbonyl (C=O) groups excluding carboxylic acids is 1. The third kappa shape index (κ3) is 7.30. The second-order valence-electron chi connectivity index (χ2n) is 5.67. The number of hydrogen-bond acceptors (Lipinski definition) is 6. The minimum atomic E-state index is -0.381. The van der Waals surface area contributed by atoms with Crippen LogP contribution in [0, 0.1) is 20.8 Å². The molecule has 2 aromatic rings. The number of methoxy groups -OCH3 is 1. The summed E-state index contributed by atoms with van der Waals surface area (Å²) in [5.74, 6) is 0.873. The molecule has 0 aliphatic heterocycles. The Kier molecular flexibility index (Phi) is 8.56. The normalized spacial score (nSPS) is 11.2. The molecule has 1 heterocycles. The molecule has 136 valence electrons. The van der Waals surface area contributed by atoms with E-state index in [1.165, 1.54) is 11.1 Å². The van der Waals surface area contributed by atoms with Crippen LogP contribution >= 0.6 is 0 Å². The first kappa shape index (κ1) is 20.6. The summed E-state index contributed by atoms with van der Waals surface area (Å²) in [7, 11) is 1.61. The SMILES string of the molecule is C=CC(=O)OC(C)CCOC.Cc1nc(-c2ccc(C)c(C)c2)no1. The predicted molar refractivity (Wildman–Crippen MR) is 96.2 cm³/mol. The van der Waals surface area contributed by atoms with Gasteiger partial charge in [0.05, 0.1) is 0 Å². The molecule has 25 heavy (non-hydrogen) atoms. The largest absolute Gasteiger partial charge is 0.459 e. The Morgan fingerprint density at radius 2 is 2.04 bits per heavy atom. The van der Waals surface area contributed by atoms with Crippen molar-refractivity contribution in [1.82, 2.24) is 10.1 Å². The monoisotopic (exact) mass is 346 g/mol. The molecular formula is C19H26N2O4. The van der Waals surface area contributed by atoms with Crippen LogP contribution in [0.2, 0.25) is 0 Å². The Labute approximate surface area is 148 Å². The second kappa shape index (κ2) is 10.4. The highest BCUT2D eigenvalue weighted by Crippen LogP contribution is 2.18. The van der Waals surface area contributed by atoms with Gasteiger partial charge in [0.25, 0.3) is 0 Å². The molecule has 0 N–H and O–H groups in total. The number of benzene rings is 1. The zero-order chi connectivity index (χ0) is 18.8. The van der Waals surface area contributed by atoms with E-state index in [0.717, 1.165) is 18.1 Å². The maximum absolute atomic E-state index is 10.6. The van der Waals surface area contributed by atoms with Crippen LogP contribution in [0.15, 0.2) is 35.4 Å². The van der Waals surface area contributed by atoms with E-state index in [9.17, 15) is 4.79 Å². The summed E-state index contributed by atoms with van der Waals surface area (Å²) in [5, 5.41) is 3.87. The highest BCUT2D eigenvalue weighted by molar-refractivity contribution is 5.81. The van der Waals surface area contributed by atoms with Gasteiger partial charge in [-0.05, 0) is 38.0 Å². The van der Waals surface area contributed by atoms with E-state index in [-0.39, 0.29) is 12.1 Å². The van der Waals surface area contributed by atoms with Crippen LogP contribution in [0.1, 0.15) is 30.4 Å². The average Bonchev–Trinajstić information content (AvgIpc) is 3.02. The number of aromatic nitrogens is 2. The van der Waals surface area contributed by atoms with Crippen molar-refractivity contribution in [3.8, 4) is 11.4 Å². The van der Waals surface area contributed by atoms with Gasteiger partial charge in [-0.2, -0.15) is 4.98 Å². The molecule has 6 heteroatoms. The quantitative estimate of drug-likeness (QED) is 0.585. The molecule has 1 unspecified atom stereocenters. The van der Waals surface area contributed by atoms with E-state index in [0.29, 0.717) is 18.3 Å². The number of ether oxygens (including phenoxy) is 2. The maximum atomic E-state index is 10.6. The Balaban J connectivity index is 0.000000260. The van der Waals surface area contributed by atoms with Gasteiger partial charge in [0.1, 0.15) is 6.10 Å². The van der Waals surface area contributed by atoms with E-state index in [1.54, 1.807) is 14.0 Å². The zero-order valence-electron chi connectivity index (χ0n) is 15.5. The van der Waals surface area contributed by atoms with Crippen LogP contribution in [-0.2, 0) is 14.3 Å².